The predicted molar refractivity (Wildman–Crippen MR) is 145 cm³/mol. The molecular formula is C27H35N6O7. The fourth-order valence-corrected chi connectivity index (χ4v) is 3.82. The first-order valence-corrected chi connectivity index (χ1v) is 12.6. The summed E-state index contributed by atoms with van der Waals surface area (Å²) >= 11 is 0. The van der Waals surface area contributed by atoms with E-state index in [2.05, 4.69) is 22.0 Å². The van der Waals surface area contributed by atoms with Crippen molar-refractivity contribution in [1.82, 2.24) is 16.0 Å². The van der Waals surface area contributed by atoms with Crippen molar-refractivity contribution in [2.45, 2.75) is 57.3 Å². The minimum Gasteiger partial charge on any atom is -0.394 e. The minimum atomic E-state index is -1.46. The molecule has 0 fully saturated rings. The summed E-state index contributed by atoms with van der Waals surface area (Å²) in [6, 6.07) is 7.81. The highest BCUT2D eigenvalue weighted by molar-refractivity contribution is 6.12. The molecule has 4 atom stereocenters. The standard InChI is InChI=1S/C27H35N6O7/c1-14(2)23(30)27(40)33-20(13-34)26(39)31-18(10-11-21(28)35)25(38)32-19(12-22(29)36)24(37)17-9-5-7-15-6-3-4-8-16(15)17/h3-8,14,18-20,23,34H,10-13,30H2,1-2H3,(H2,28,35)(H2,29,36)(H,31,39)(H,32,38)(H,33,40)/t18-,19-,20-,23-/m0/s1. The molecule has 40 heavy (non-hydrogen) atoms. The van der Waals surface area contributed by atoms with Crippen LogP contribution >= 0.6 is 0 Å². The fourth-order valence-electron chi connectivity index (χ4n) is 3.82. The van der Waals surface area contributed by atoms with Gasteiger partial charge in [0.25, 0.3) is 0 Å². The van der Waals surface area contributed by atoms with Gasteiger partial charge in [0.05, 0.1) is 19.1 Å². The lowest BCUT2D eigenvalue weighted by atomic mass is 9.95. The van der Waals surface area contributed by atoms with Crippen molar-refractivity contribution in [3.63, 3.8) is 0 Å². The molecule has 1 radical (unpaired) electrons. The van der Waals surface area contributed by atoms with Gasteiger partial charge in [-0.05, 0) is 29.2 Å². The van der Waals surface area contributed by atoms with Gasteiger partial charge in [-0.25, -0.2) is 0 Å². The smallest absolute Gasteiger partial charge is 0.245 e. The minimum absolute atomic E-state index is 0.118. The van der Waals surface area contributed by atoms with Gasteiger partial charge in [-0.15, -0.1) is 0 Å². The Morgan fingerprint density at radius 2 is 1.45 bits per heavy atom. The van der Waals surface area contributed by atoms with E-state index >= 15 is 0 Å². The third-order valence-electron chi connectivity index (χ3n) is 6.15. The van der Waals surface area contributed by atoms with E-state index in [0.717, 1.165) is 5.39 Å². The lowest BCUT2D eigenvalue weighted by molar-refractivity contribution is -0.134. The lowest BCUT2D eigenvalue weighted by Crippen LogP contribution is -2.58. The number of rotatable bonds is 15. The van der Waals surface area contributed by atoms with Gasteiger partial charge in [0.2, 0.25) is 29.5 Å². The number of amides is 5. The zero-order valence-electron chi connectivity index (χ0n) is 22.3. The molecule has 5 amide bonds. The quantitative estimate of drug-likeness (QED) is 0.126. The summed E-state index contributed by atoms with van der Waals surface area (Å²) in [4.78, 5) is 75.0. The number of ketones is 1. The van der Waals surface area contributed by atoms with Crippen LogP contribution in [0.5, 0.6) is 0 Å². The summed E-state index contributed by atoms with van der Waals surface area (Å²) in [5.74, 6) is -5.10. The molecule has 0 aliphatic carbocycles. The van der Waals surface area contributed by atoms with Gasteiger partial charge in [-0.1, -0.05) is 50.2 Å². The van der Waals surface area contributed by atoms with Crippen LogP contribution in [0.1, 0.15) is 43.5 Å². The molecule has 0 aliphatic heterocycles. The van der Waals surface area contributed by atoms with Crippen LogP contribution in [0, 0.1) is 12.0 Å². The fraction of sp³-hybridized carbons (Fsp3) is 0.407. The maximum Gasteiger partial charge on any atom is 0.245 e. The zero-order valence-corrected chi connectivity index (χ0v) is 22.3. The van der Waals surface area contributed by atoms with Crippen LogP contribution in [0.4, 0.5) is 0 Å². The third-order valence-corrected chi connectivity index (χ3v) is 6.15. The number of primary amides is 2. The molecule has 2 rings (SSSR count). The molecule has 0 aliphatic rings. The van der Waals surface area contributed by atoms with E-state index in [4.69, 9.17) is 17.2 Å². The summed E-state index contributed by atoms with van der Waals surface area (Å²) in [7, 11) is 0. The number of carbonyl (C=O) groups is 6. The second-order valence-corrected chi connectivity index (χ2v) is 9.62. The molecule has 13 heteroatoms. The van der Waals surface area contributed by atoms with Crippen LogP contribution in [0.2, 0.25) is 0 Å². The molecule has 0 saturated heterocycles. The van der Waals surface area contributed by atoms with Gasteiger partial charge in [0.1, 0.15) is 18.1 Å². The molecule has 10 N–H and O–H groups in total. The maximum atomic E-state index is 13.4. The van der Waals surface area contributed by atoms with E-state index in [1.807, 2.05) is 0 Å². The number of fused-ring (bicyclic) bond motifs is 1. The average Bonchev–Trinajstić information content (AvgIpc) is 2.91. The number of benzene rings is 2. The summed E-state index contributed by atoms with van der Waals surface area (Å²) in [6.45, 7) is 2.58. The Balaban J connectivity index is 2.29. The summed E-state index contributed by atoms with van der Waals surface area (Å²) in [5.41, 5.74) is 16.5. The van der Waals surface area contributed by atoms with Crippen molar-refractivity contribution in [2.24, 2.45) is 23.1 Å². The molecule has 0 bridgehead atoms. The van der Waals surface area contributed by atoms with Crippen LogP contribution in [-0.4, -0.2) is 71.2 Å². The molecule has 0 unspecified atom stereocenters. The molecular weight excluding hydrogens is 520 g/mol. The normalized spacial score (nSPS) is 14.0. The Kier molecular flexibility index (Phi) is 11.7. The Bertz CT molecular complexity index is 1260. The highest BCUT2D eigenvalue weighted by Crippen LogP contribution is 2.20. The molecule has 0 heterocycles. The van der Waals surface area contributed by atoms with Crippen LogP contribution < -0.4 is 33.2 Å². The number of hydrogen-bond donors (Lipinski definition) is 7. The molecule has 0 saturated carbocycles. The van der Waals surface area contributed by atoms with Gasteiger partial charge < -0.3 is 38.3 Å². The van der Waals surface area contributed by atoms with Gasteiger partial charge in [-0.2, -0.15) is 0 Å². The van der Waals surface area contributed by atoms with Crippen molar-refractivity contribution < 1.29 is 33.9 Å². The Labute approximate surface area is 231 Å². The highest BCUT2D eigenvalue weighted by atomic mass is 16.3. The highest BCUT2D eigenvalue weighted by Gasteiger charge is 2.32. The van der Waals surface area contributed by atoms with Crippen molar-refractivity contribution in [1.29, 1.82) is 0 Å². The number of aliphatic hydroxyl groups excluding tert-OH is 1. The Morgan fingerprint density at radius 3 is 2.05 bits per heavy atom. The van der Waals surface area contributed by atoms with Crippen molar-refractivity contribution in [2.75, 3.05) is 6.61 Å². The van der Waals surface area contributed by atoms with E-state index in [-0.39, 0.29) is 24.3 Å². The monoisotopic (exact) mass is 555 g/mol. The SMILES string of the molecule is CC(C)[C@H](N)C(=O)N[C@@H](CO)C(=O)N[C@@H](CCC(N)=O)C(=O)N[C@@H](CC(N)=O)C(=O)c1[c]ccc2ccccc12. The zero-order chi connectivity index (χ0) is 30.0. The number of aliphatic hydroxyl groups is 1. The number of nitrogens with one attached hydrogen (secondary N) is 3. The third kappa shape index (κ3) is 8.85. The molecule has 0 aromatic heterocycles. The largest absolute Gasteiger partial charge is 0.394 e. The molecule has 215 valence electrons. The van der Waals surface area contributed by atoms with Crippen molar-refractivity contribution >= 4 is 46.1 Å². The van der Waals surface area contributed by atoms with Gasteiger partial charge in [-0.3, -0.25) is 28.8 Å². The molecule has 13 nitrogen and oxygen atoms in total. The lowest BCUT2D eigenvalue weighted by Gasteiger charge is -2.25. The first-order chi connectivity index (χ1) is 18.8. The van der Waals surface area contributed by atoms with Crippen LogP contribution in [-0.2, 0) is 24.0 Å². The molecule has 0 spiro atoms. The van der Waals surface area contributed by atoms with E-state index in [1.165, 1.54) is 6.07 Å². The first-order valence-electron chi connectivity index (χ1n) is 12.6. The summed E-state index contributed by atoms with van der Waals surface area (Å²) in [5, 5.41) is 18.0. The Hall–Kier alpha value is -4.36. The molecule has 2 aromatic rings. The van der Waals surface area contributed by atoms with Crippen molar-refractivity contribution in [3.8, 4) is 0 Å². The van der Waals surface area contributed by atoms with Gasteiger partial charge in [0, 0.05) is 12.0 Å². The van der Waals surface area contributed by atoms with Gasteiger partial charge in [0.15, 0.2) is 5.78 Å². The van der Waals surface area contributed by atoms with E-state index in [1.54, 1.807) is 44.2 Å². The molecule has 2 aromatic carbocycles. The van der Waals surface area contributed by atoms with Crippen LogP contribution in [0.15, 0.2) is 36.4 Å². The van der Waals surface area contributed by atoms with Crippen molar-refractivity contribution in [3.05, 3.63) is 48.0 Å². The average molecular weight is 556 g/mol. The topological polar surface area (TPSA) is 237 Å². The van der Waals surface area contributed by atoms with Crippen LogP contribution in [0.25, 0.3) is 10.8 Å². The summed E-state index contributed by atoms with van der Waals surface area (Å²) < 4.78 is 0. The summed E-state index contributed by atoms with van der Waals surface area (Å²) in [6.07, 6.45) is -1.15. The van der Waals surface area contributed by atoms with E-state index in [0.29, 0.717) is 5.39 Å². The number of Topliss-reactive ketones (excluding diaryl/α,β-unsaturated/α-hetero) is 1. The second kappa shape index (κ2) is 14.7. The van der Waals surface area contributed by atoms with Crippen LogP contribution in [0.3, 0.4) is 0 Å². The predicted octanol–water partition coefficient (Wildman–Crippen LogP) is -1.61. The number of hydrogen-bond acceptors (Lipinski definition) is 8. The maximum absolute atomic E-state index is 13.4. The second-order valence-electron chi connectivity index (χ2n) is 9.62. The number of nitrogens with two attached hydrogens (primary N) is 3. The van der Waals surface area contributed by atoms with E-state index in [9.17, 15) is 33.9 Å². The first kappa shape index (κ1) is 31.9. The van der Waals surface area contributed by atoms with Gasteiger partial charge >= 0.3 is 0 Å². The number of carbonyl (C=O) groups excluding carboxylic acids is 6. The van der Waals surface area contributed by atoms with E-state index < -0.39 is 72.5 Å². The Morgan fingerprint density at radius 1 is 0.850 bits per heavy atom.